The Kier molecular flexibility index (Phi) is 4.96. The van der Waals surface area contributed by atoms with Crippen molar-refractivity contribution < 1.29 is 9.13 Å². The molecule has 0 aliphatic carbocycles. The SMILES string of the molecule is C#CCNCCOc1ccc(F)c(Cl)c1. The molecule has 0 aliphatic heterocycles. The molecule has 0 saturated heterocycles. The van der Waals surface area contributed by atoms with E-state index in [0.717, 1.165) is 0 Å². The maximum atomic E-state index is 12.8. The van der Waals surface area contributed by atoms with Crippen molar-refractivity contribution in [2.24, 2.45) is 0 Å². The molecule has 0 radical (unpaired) electrons. The van der Waals surface area contributed by atoms with Gasteiger partial charge in [-0.15, -0.1) is 6.42 Å². The molecule has 1 aromatic carbocycles. The van der Waals surface area contributed by atoms with Crippen molar-refractivity contribution in [3.05, 3.63) is 29.0 Å². The minimum Gasteiger partial charge on any atom is -0.492 e. The fraction of sp³-hybridized carbons (Fsp3) is 0.273. The van der Waals surface area contributed by atoms with E-state index in [1.807, 2.05) is 0 Å². The smallest absolute Gasteiger partial charge is 0.142 e. The third-order valence-corrected chi connectivity index (χ3v) is 1.96. The van der Waals surface area contributed by atoms with Gasteiger partial charge in [-0.2, -0.15) is 0 Å². The summed E-state index contributed by atoms with van der Waals surface area (Å²) < 4.78 is 18.1. The number of hydrogen-bond donors (Lipinski definition) is 1. The summed E-state index contributed by atoms with van der Waals surface area (Å²) in [7, 11) is 0. The lowest BCUT2D eigenvalue weighted by Gasteiger charge is -2.06. The molecule has 1 N–H and O–H groups in total. The van der Waals surface area contributed by atoms with E-state index >= 15 is 0 Å². The van der Waals surface area contributed by atoms with Gasteiger partial charge in [0, 0.05) is 12.6 Å². The lowest BCUT2D eigenvalue weighted by molar-refractivity contribution is 0.316. The van der Waals surface area contributed by atoms with Crippen LogP contribution >= 0.6 is 11.6 Å². The summed E-state index contributed by atoms with van der Waals surface area (Å²) in [5.41, 5.74) is 0. The van der Waals surface area contributed by atoms with Gasteiger partial charge in [0.15, 0.2) is 0 Å². The molecule has 1 aromatic rings. The number of nitrogens with one attached hydrogen (secondary N) is 1. The van der Waals surface area contributed by atoms with Crippen LogP contribution in [-0.4, -0.2) is 19.7 Å². The van der Waals surface area contributed by atoms with E-state index < -0.39 is 5.82 Å². The molecule has 0 heterocycles. The zero-order valence-corrected chi connectivity index (χ0v) is 8.85. The third kappa shape index (κ3) is 4.20. The summed E-state index contributed by atoms with van der Waals surface area (Å²) in [6.45, 7) is 1.61. The van der Waals surface area contributed by atoms with Gasteiger partial charge in [0.05, 0.1) is 11.6 Å². The molecule has 0 fully saturated rings. The number of ether oxygens (including phenoxy) is 1. The third-order valence-electron chi connectivity index (χ3n) is 1.67. The van der Waals surface area contributed by atoms with Crippen molar-refractivity contribution in [1.82, 2.24) is 5.32 Å². The summed E-state index contributed by atoms with van der Waals surface area (Å²) in [6.07, 6.45) is 5.05. The molecule has 0 bridgehead atoms. The molecule has 0 spiro atoms. The minimum absolute atomic E-state index is 0.0593. The Morgan fingerprint density at radius 1 is 1.53 bits per heavy atom. The number of rotatable bonds is 5. The highest BCUT2D eigenvalue weighted by Crippen LogP contribution is 2.20. The van der Waals surface area contributed by atoms with Crippen LogP contribution < -0.4 is 10.1 Å². The summed E-state index contributed by atoms with van der Waals surface area (Å²) in [6, 6.07) is 4.24. The van der Waals surface area contributed by atoms with Crippen LogP contribution in [0.15, 0.2) is 18.2 Å². The van der Waals surface area contributed by atoms with E-state index in [1.165, 1.54) is 18.2 Å². The van der Waals surface area contributed by atoms with Gasteiger partial charge in [-0.05, 0) is 12.1 Å². The summed E-state index contributed by atoms with van der Waals surface area (Å²) in [5, 5.41) is 3.02. The van der Waals surface area contributed by atoms with E-state index in [2.05, 4.69) is 11.2 Å². The first kappa shape index (κ1) is 11.8. The maximum absolute atomic E-state index is 12.8. The largest absolute Gasteiger partial charge is 0.492 e. The molecule has 1 rings (SSSR count). The molecule has 0 aliphatic rings. The highest BCUT2D eigenvalue weighted by atomic mass is 35.5. The van der Waals surface area contributed by atoms with Gasteiger partial charge in [0.1, 0.15) is 18.2 Å². The summed E-state index contributed by atoms with van der Waals surface area (Å²) >= 11 is 5.58. The molecule has 0 atom stereocenters. The zero-order valence-electron chi connectivity index (χ0n) is 8.09. The average molecular weight is 228 g/mol. The zero-order chi connectivity index (χ0) is 11.1. The predicted molar refractivity (Wildman–Crippen MR) is 58.6 cm³/mol. The van der Waals surface area contributed by atoms with Crippen LogP contribution in [0.4, 0.5) is 4.39 Å². The van der Waals surface area contributed by atoms with Crippen LogP contribution in [0.2, 0.25) is 5.02 Å². The Morgan fingerprint density at radius 3 is 3.00 bits per heavy atom. The van der Waals surface area contributed by atoms with Crippen LogP contribution in [0.5, 0.6) is 5.75 Å². The number of benzene rings is 1. The molecular formula is C11H11ClFNO. The van der Waals surface area contributed by atoms with Gasteiger partial charge in [-0.25, -0.2) is 4.39 Å². The Bertz CT molecular complexity index is 362. The molecular weight excluding hydrogens is 217 g/mol. The first-order valence-electron chi connectivity index (χ1n) is 4.46. The quantitative estimate of drug-likeness (QED) is 0.614. The molecule has 0 aromatic heterocycles. The van der Waals surface area contributed by atoms with Crippen molar-refractivity contribution in [3.63, 3.8) is 0 Å². The lowest BCUT2D eigenvalue weighted by atomic mass is 10.3. The van der Waals surface area contributed by atoms with Gasteiger partial charge in [-0.3, -0.25) is 0 Å². The number of halogens is 2. The van der Waals surface area contributed by atoms with E-state index in [-0.39, 0.29) is 5.02 Å². The molecule has 80 valence electrons. The Hall–Kier alpha value is -1.24. The first-order valence-corrected chi connectivity index (χ1v) is 4.84. The van der Waals surface area contributed by atoms with Crippen molar-refractivity contribution >= 4 is 11.6 Å². The predicted octanol–water partition coefficient (Wildman–Crippen LogP) is 2.08. The molecule has 4 heteroatoms. The molecule has 0 unspecified atom stereocenters. The van der Waals surface area contributed by atoms with Gasteiger partial charge in [-0.1, -0.05) is 17.5 Å². The summed E-state index contributed by atoms with van der Waals surface area (Å²) in [5.74, 6) is 2.54. The summed E-state index contributed by atoms with van der Waals surface area (Å²) in [4.78, 5) is 0. The average Bonchev–Trinajstić information content (AvgIpc) is 2.23. The van der Waals surface area contributed by atoms with Gasteiger partial charge in [0.2, 0.25) is 0 Å². The Balaban J connectivity index is 2.32. The normalized spacial score (nSPS) is 9.67. The van der Waals surface area contributed by atoms with Crippen LogP contribution in [0.3, 0.4) is 0 Å². The Morgan fingerprint density at radius 2 is 2.33 bits per heavy atom. The lowest BCUT2D eigenvalue weighted by Crippen LogP contribution is -2.21. The van der Waals surface area contributed by atoms with Crippen LogP contribution in [0.1, 0.15) is 0 Å². The first-order chi connectivity index (χ1) is 7.24. The second kappa shape index (κ2) is 6.28. The minimum atomic E-state index is -0.450. The van der Waals surface area contributed by atoms with Gasteiger partial charge >= 0.3 is 0 Å². The van der Waals surface area contributed by atoms with E-state index in [4.69, 9.17) is 22.8 Å². The van der Waals surface area contributed by atoms with E-state index in [9.17, 15) is 4.39 Å². The van der Waals surface area contributed by atoms with Crippen LogP contribution in [0.25, 0.3) is 0 Å². The second-order valence-electron chi connectivity index (χ2n) is 2.81. The maximum Gasteiger partial charge on any atom is 0.142 e. The van der Waals surface area contributed by atoms with Crippen molar-refractivity contribution in [1.29, 1.82) is 0 Å². The molecule has 0 saturated carbocycles. The molecule has 0 amide bonds. The van der Waals surface area contributed by atoms with Gasteiger partial charge in [0.25, 0.3) is 0 Å². The fourth-order valence-electron chi connectivity index (χ4n) is 0.968. The topological polar surface area (TPSA) is 21.3 Å². The second-order valence-corrected chi connectivity index (χ2v) is 3.21. The fourth-order valence-corrected chi connectivity index (χ4v) is 1.14. The molecule has 2 nitrogen and oxygen atoms in total. The Labute approximate surface area is 93.4 Å². The number of terminal acetylenes is 1. The van der Waals surface area contributed by atoms with E-state index in [0.29, 0.717) is 25.4 Å². The highest BCUT2D eigenvalue weighted by molar-refractivity contribution is 6.30. The van der Waals surface area contributed by atoms with Crippen LogP contribution in [-0.2, 0) is 0 Å². The van der Waals surface area contributed by atoms with Crippen molar-refractivity contribution in [2.45, 2.75) is 0 Å². The monoisotopic (exact) mass is 227 g/mol. The van der Waals surface area contributed by atoms with E-state index in [1.54, 1.807) is 0 Å². The van der Waals surface area contributed by atoms with Crippen LogP contribution in [0, 0.1) is 18.2 Å². The molecule has 15 heavy (non-hydrogen) atoms. The highest BCUT2D eigenvalue weighted by Gasteiger charge is 2.00. The number of hydrogen-bond acceptors (Lipinski definition) is 2. The van der Waals surface area contributed by atoms with Gasteiger partial charge < -0.3 is 10.1 Å². The van der Waals surface area contributed by atoms with Crippen molar-refractivity contribution in [2.75, 3.05) is 19.7 Å². The standard InChI is InChI=1S/C11H11ClFNO/c1-2-5-14-6-7-15-9-3-4-11(13)10(12)8-9/h1,3-4,8,14H,5-7H2. The van der Waals surface area contributed by atoms with Crippen molar-refractivity contribution in [3.8, 4) is 18.1 Å².